The Hall–Kier alpha value is -2.21. The number of carbonyl (C=O) groups is 1. The van der Waals surface area contributed by atoms with E-state index < -0.39 is 5.82 Å². The van der Waals surface area contributed by atoms with E-state index in [-0.39, 0.29) is 11.9 Å². The molecule has 130 valence electrons. The van der Waals surface area contributed by atoms with Crippen LogP contribution >= 0.6 is 15.9 Å². The van der Waals surface area contributed by atoms with Crippen LogP contribution in [0, 0.1) is 12.7 Å². The van der Waals surface area contributed by atoms with Crippen LogP contribution in [0.3, 0.4) is 0 Å². The van der Waals surface area contributed by atoms with Crippen molar-refractivity contribution in [3.63, 3.8) is 0 Å². The van der Waals surface area contributed by atoms with Gasteiger partial charge in [-0.3, -0.25) is 9.78 Å². The molecular formula is C19H19BrFN3O. The van der Waals surface area contributed by atoms with Crippen LogP contribution in [0.15, 0.2) is 41.3 Å². The van der Waals surface area contributed by atoms with Gasteiger partial charge in [-0.2, -0.15) is 0 Å². The average Bonchev–Trinajstić information content (AvgIpc) is 2.91. The fourth-order valence-electron chi connectivity index (χ4n) is 2.81. The molecule has 1 amide bonds. The molecule has 0 atom stereocenters. The molecule has 2 aromatic heterocycles. The molecule has 0 radical (unpaired) electrons. The van der Waals surface area contributed by atoms with Crippen molar-refractivity contribution >= 4 is 32.7 Å². The summed E-state index contributed by atoms with van der Waals surface area (Å²) in [6.07, 6.45) is 5.43. The molecule has 3 aromatic rings. The number of amides is 1. The van der Waals surface area contributed by atoms with Crippen molar-refractivity contribution in [1.29, 1.82) is 0 Å². The molecule has 0 spiro atoms. The Morgan fingerprint density at radius 2 is 2.04 bits per heavy atom. The summed E-state index contributed by atoms with van der Waals surface area (Å²) in [5.74, 6) is -0.655. The lowest BCUT2D eigenvalue weighted by Gasteiger charge is -2.23. The number of benzene rings is 1. The first-order chi connectivity index (χ1) is 11.8. The molecule has 0 fully saturated rings. The molecule has 0 saturated carbocycles. The smallest absolute Gasteiger partial charge is 0.256 e. The van der Waals surface area contributed by atoms with Crippen molar-refractivity contribution in [2.75, 3.05) is 7.05 Å². The van der Waals surface area contributed by atoms with Gasteiger partial charge in [-0.25, -0.2) is 4.39 Å². The molecule has 0 aliphatic heterocycles. The zero-order valence-electron chi connectivity index (χ0n) is 14.5. The Morgan fingerprint density at radius 1 is 1.32 bits per heavy atom. The van der Waals surface area contributed by atoms with Gasteiger partial charge >= 0.3 is 0 Å². The first-order valence-electron chi connectivity index (χ1n) is 7.99. The minimum atomic E-state index is -0.436. The zero-order valence-corrected chi connectivity index (χ0v) is 16.1. The summed E-state index contributed by atoms with van der Waals surface area (Å²) in [4.78, 5) is 18.7. The summed E-state index contributed by atoms with van der Waals surface area (Å²) in [5, 5.41) is 1.02. The number of hydrogen-bond acceptors (Lipinski definition) is 2. The topological polar surface area (TPSA) is 38.1 Å². The summed E-state index contributed by atoms with van der Waals surface area (Å²) < 4.78 is 16.6. The van der Waals surface area contributed by atoms with E-state index in [9.17, 15) is 9.18 Å². The number of nitrogens with zero attached hydrogens (tertiary/aromatic N) is 3. The summed E-state index contributed by atoms with van der Waals surface area (Å²) in [7, 11) is 1.72. The maximum atomic E-state index is 13.9. The lowest BCUT2D eigenvalue weighted by Crippen LogP contribution is -2.33. The molecule has 0 N–H and O–H groups in total. The van der Waals surface area contributed by atoms with Gasteiger partial charge < -0.3 is 9.47 Å². The van der Waals surface area contributed by atoms with Gasteiger partial charge in [0.2, 0.25) is 0 Å². The normalized spacial score (nSPS) is 11.3. The predicted molar refractivity (Wildman–Crippen MR) is 101 cm³/mol. The largest absolute Gasteiger partial charge is 0.339 e. The second kappa shape index (κ2) is 6.59. The third-order valence-electron chi connectivity index (χ3n) is 4.40. The van der Waals surface area contributed by atoms with Crippen molar-refractivity contribution in [3.8, 4) is 5.69 Å². The maximum Gasteiger partial charge on any atom is 0.256 e. The number of carbonyl (C=O) groups excluding carboxylic acids is 1. The third kappa shape index (κ3) is 3.06. The highest BCUT2D eigenvalue weighted by Crippen LogP contribution is 2.32. The van der Waals surface area contributed by atoms with Gasteiger partial charge in [-0.1, -0.05) is 0 Å². The first-order valence-corrected chi connectivity index (χ1v) is 8.78. The van der Waals surface area contributed by atoms with E-state index >= 15 is 0 Å². The number of hydrogen-bond donors (Lipinski definition) is 0. The number of rotatable bonds is 3. The predicted octanol–water partition coefficient (Wildman–Crippen LogP) is 4.72. The highest BCUT2D eigenvalue weighted by Gasteiger charge is 2.21. The second-order valence-electron chi connectivity index (χ2n) is 6.37. The number of pyridine rings is 1. The molecule has 0 unspecified atom stereocenters. The number of aryl methyl sites for hydroxylation is 1. The van der Waals surface area contributed by atoms with Crippen LogP contribution in [0.5, 0.6) is 0 Å². The molecular weight excluding hydrogens is 385 g/mol. The van der Waals surface area contributed by atoms with Crippen molar-refractivity contribution < 1.29 is 9.18 Å². The van der Waals surface area contributed by atoms with Gasteiger partial charge in [0.25, 0.3) is 5.91 Å². The quantitative estimate of drug-likeness (QED) is 0.634. The van der Waals surface area contributed by atoms with Gasteiger partial charge in [0.1, 0.15) is 5.82 Å². The number of fused-ring (bicyclic) bond motifs is 1. The standard InChI is InChI=1S/C19H19BrFN3O/c1-11(2)23(4)19(25)14-7-13(21)5-6-16(14)24-10-15(20)18-12(3)8-22-9-17(18)24/h5-11H,1-4H3. The van der Waals surface area contributed by atoms with E-state index in [0.29, 0.717) is 11.3 Å². The minimum Gasteiger partial charge on any atom is -0.339 e. The fraction of sp³-hybridized carbons (Fsp3) is 0.263. The lowest BCUT2D eigenvalue weighted by molar-refractivity contribution is 0.0754. The molecule has 0 aliphatic carbocycles. The van der Waals surface area contributed by atoms with Crippen LogP contribution in [0.2, 0.25) is 0 Å². The summed E-state index contributed by atoms with van der Waals surface area (Å²) in [6.45, 7) is 5.82. The highest BCUT2D eigenvalue weighted by molar-refractivity contribution is 9.10. The van der Waals surface area contributed by atoms with Crippen LogP contribution in [-0.4, -0.2) is 33.4 Å². The van der Waals surface area contributed by atoms with Crippen LogP contribution < -0.4 is 0 Å². The van der Waals surface area contributed by atoms with Gasteiger partial charge in [-0.15, -0.1) is 0 Å². The summed E-state index contributed by atoms with van der Waals surface area (Å²) in [5.41, 5.74) is 2.83. The van der Waals surface area contributed by atoms with E-state index in [1.54, 1.807) is 30.4 Å². The zero-order chi connectivity index (χ0) is 18.3. The molecule has 4 nitrogen and oxygen atoms in total. The Labute approximate surface area is 154 Å². The SMILES string of the molecule is Cc1cncc2c1c(Br)cn2-c1ccc(F)cc1C(=O)N(C)C(C)C. The Morgan fingerprint density at radius 3 is 2.72 bits per heavy atom. The van der Waals surface area contributed by atoms with Crippen molar-refractivity contribution in [1.82, 2.24) is 14.5 Å². The molecule has 0 saturated heterocycles. The average molecular weight is 404 g/mol. The van der Waals surface area contributed by atoms with Gasteiger partial charge in [0.05, 0.1) is 23.0 Å². The molecule has 1 aromatic carbocycles. The Bertz CT molecular complexity index is 965. The third-order valence-corrected chi connectivity index (χ3v) is 5.00. The van der Waals surface area contributed by atoms with Gasteiger partial charge in [-0.05, 0) is 60.5 Å². The van der Waals surface area contributed by atoms with Crippen molar-refractivity contribution in [2.45, 2.75) is 26.8 Å². The molecule has 3 rings (SSSR count). The molecule has 0 aliphatic rings. The van der Waals surface area contributed by atoms with E-state index in [4.69, 9.17) is 0 Å². The molecule has 25 heavy (non-hydrogen) atoms. The van der Waals surface area contributed by atoms with Gasteiger partial charge in [0.15, 0.2) is 0 Å². The maximum absolute atomic E-state index is 13.9. The summed E-state index contributed by atoms with van der Waals surface area (Å²) in [6, 6.07) is 4.30. The highest BCUT2D eigenvalue weighted by atomic mass is 79.9. The van der Waals surface area contributed by atoms with Crippen LogP contribution in [0.1, 0.15) is 29.8 Å². The first kappa shape index (κ1) is 17.6. The van der Waals surface area contributed by atoms with Crippen LogP contribution in [0.4, 0.5) is 4.39 Å². The Kier molecular flexibility index (Phi) is 4.64. The van der Waals surface area contributed by atoms with Crippen LogP contribution in [-0.2, 0) is 0 Å². The van der Waals surface area contributed by atoms with Crippen molar-refractivity contribution in [2.24, 2.45) is 0 Å². The van der Waals surface area contributed by atoms with Crippen molar-refractivity contribution in [3.05, 3.63) is 58.2 Å². The minimum absolute atomic E-state index is 0.0145. The van der Waals surface area contributed by atoms with E-state index in [1.807, 2.05) is 31.5 Å². The Balaban J connectivity index is 2.26. The second-order valence-corrected chi connectivity index (χ2v) is 7.22. The van der Waals surface area contributed by atoms with Crippen LogP contribution in [0.25, 0.3) is 16.6 Å². The number of halogens is 2. The van der Waals surface area contributed by atoms with E-state index in [0.717, 1.165) is 20.9 Å². The number of aromatic nitrogens is 2. The lowest BCUT2D eigenvalue weighted by atomic mass is 10.1. The fourth-order valence-corrected chi connectivity index (χ4v) is 3.53. The molecule has 6 heteroatoms. The monoisotopic (exact) mass is 403 g/mol. The summed E-state index contributed by atoms with van der Waals surface area (Å²) >= 11 is 3.58. The van der Waals surface area contributed by atoms with E-state index in [1.165, 1.54) is 12.1 Å². The van der Waals surface area contributed by atoms with Gasteiger partial charge in [0, 0.05) is 35.3 Å². The van der Waals surface area contributed by atoms with E-state index in [2.05, 4.69) is 20.9 Å². The molecule has 0 bridgehead atoms. The molecule has 2 heterocycles.